The van der Waals surface area contributed by atoms with Crippen LogP contribution in [0.25, 0.3) is 85.9 Å². The second-order valence-electron chi connectivity index (χ2n) is 12.9. The summed E-state index contributed by atoms with van der Waals surface area (Å²) in [4.78, 5) is 2.33. The number of thiophene rings is 1. The van der Waals surface area contributed by atoms with Gasteiger partial charge < -0.3 is 13.7 Å². The molecule has 4 heteroatoms. The number of hydrogen-bond acceptors (Lipinski definition) is 4. The zero-order valence-corrected chi connectivity index (χ0v) is 27.6. The molecule has 3 nitrogen and oxygen atoms in total. The van der Waals surface area contributed by atoms with E-state index in [1.807, 2.05) is 35.6 Å². The minimum Gasteiger partial charge on any atom is -0.456 e. The maximum atomic E-state index is 6.36. The van der Waals surface area contributed by atoms with E-state index in [1.165, 1.54) is 36.5 Å². The van der Waals surface area contributed by atoms with Gasteiger partial charge in [-0.05, 0) is 88.6 Å². The quantitative estimate of drug-likeness (QED) is 0.189. The van der Waals surface area contributed by atoms with Crippen LogP contribution in [0.2, 0.25) is 0 Å². The van der Waals surface area contributed by atoms with Gasteiger partial charge in [-0.25, -0.2) is 0 Å². The lowest BCUT2D eigenvalue weighted by molar-refractivity contribution is 0.669. The normalized spacial score (nSPS) is 12.0. The molecule has 3 heterocycles. The van der Waals surface area contributed by atoms with Crippen LogP contribution in [0.3, 0.4) is 0 Å². The first-order valence-electron chi connectivity index (χ1n) is 16.8. The summed E-state index contributed by atoms with van der Waals surface area (Å²) >= 11 is 1.84. The Balaban J connectivity index is 1.06. The molecule has 0 saturated heterocycles. The maximum absolute atomic E-state index is 6.36. The molecule has 234 valence electrons. The van der Waals surface area contributed by atoms with Crippen LogP contribution < -0.4 is 4.90 Å². The number of nitrogens with zero attached hydrogens (tertiary/aromatic N) is 1. The van der Waals surface area contributed by atoms with Crippen molar-refractivity contribution in [3.8, 4) is 11.1 Å². The molecular weight excluding hydrogens is 631 g/mol. The highest BCUT2D eigenvalue weighted by Crippen LogP contribution is 2.43. The summed E-state index contributed by atoms with van der Waals surface area (Å²) in [7, 11) is 0. The van der Waals surface area contributed by atoms with Crippen molar-refractivity contribution in [2.75, 3.05) is 4.90 Å². The van der Waals surface area contributed by atoms with Crippen molar-refractivity contribution < 1.29 is 8.83 Å². The van der Waals surface area contributed by atoms with Gasteiger partial charge in [0.25, 0.3) is 0 Å². The predicted octanol–water partition coefficient (Wildman–Crippen LogP) is 14.1. The Morgan fingerprint density at radius 1 is 0.360 bits per heavy atom. The smallest absolute Gasteiger partial charge is 0.137 e. The highest BCUT2D eigenvalue weighted by molar-refractivity contribution is 7.25. The Kier molecular flexibility index (Phi) is 5.83. The van der Waals surface area contributed by atoms with Gasteiger partial charge in [-0.15, -0.1) is 11.3 Å². The number of rotatable bonds is 4. The lowest BCUT2D eigenvalue weighted by atomic mass is 9.96. The van der Waals surface area contributed by atoms with Crippen LogP contribution in [-0.4, -0.2) is 0 Å². The fourth-order valence-electron chi connectivity index (χ4n) is 7.69. The van der Waals surface area contributed by atoms with Crippen LogP contribution in [0, 0.1) is 0 Å². The molecule has 0 bridgehead atoms. The molecular formula is C46H27NO2S. The van der Waals surface area contributed by atoms with E-state index in [0.717, 1.165) is 66.5 Å². The minimum atomic E-state index is 0.876. The van der Waals surface area contributed by atoms with Gasteiger partial charge in [-0.1, -0.05) is 91.0 Å². The molecule has 0 aliphatic heterocycles. The molecule has 0 N–H and O–H groups in total. The first-order chi connectivity index (χ1) is 24.7. The number of furan rings is 2. The fraction of sp³-hybridized carbons (Fsp3) is 0. The Labute approximate surface area is 290 Å². The molecule has 11 aromatic rings. The van der Waals surface area contributed by atoms with Crippen LogP contribution in [0.4, 0.5) is 17.1 Å². The third kappa shape index (κ3) is 4.16. The van der Waals surface area contributed by atoms with Gasteiger partial charge in [0, 0.05) is 64.8 Å². The van der Waals surface area contributed by atoms with Crippen LogP contribution >= 0.6 is 11.3 Å². The zero-order valence-electron chi connectivity index (χ0n) is 26.8. The van der Waals surface area contributed by atoms with Crippen molar-refractivity contribution >= 4 is 103 Å². The second-order valence-corrected chi connectivity index (χ2v) is 14.0. The van der Waals surface area contributed by atoms with Gasteiger partial charge in [0.15, 0.2) is 0 Å². The first kappa shape index (κ1) is 27.6. The Hall–Kier alpha value is -6.36. The number of para-hydroxylation sites is 2. The van der Waals surface area contributed by atoms with Crippen molar-refractivity contribution in [1.82, 2.24) is 0 Å². The predicted molar refractivity (Wildman–Crippen MR) is 212 cm³/mol. The molecule has 11 rings (SSSR count). The molecule has 0 radical (unpaired) electrons. The Bertz CT molecular complexity index is 2990. The number of hydrogen-bond donors (Lipinski definition) is 0. The van der Waals surface area contributed by atoms with E-state index in [9.17, 15) is 0 Å². The van der Waals surface area contributed by atoms with Gasteiger partial charge in [-0.3, -0.25) is 0 Å². The van der Waals surface area contributed by atoms with Crippen molar-refractivity contribution in [3.05, 3.63) is 164 Å². The van der Waals surface area contributed by atoms with E-state index < -0.39 is 0 Å². The van der Waals surface area contributed by atoms with Crippen molar-refractivity contribution in [2.45, 2.75) is 0 Å². The highest BCUT2D eigenvalue weighted by Gasteiger charge is 2.18. The fourth-order valence-corrected chi connectivity index (χ4v) is 8.83. The summed E-state index contributed by atoms with van der Waals surface area (Å²) in [6.45, 7) is 0. The summed E-state index contributed by atoms with van der Waals surface area (Å²) in [6, 6.07) is 58.5. The molecule has 3 aromatic heterocycles. The van der Waals surface area contributed by atoms with Crippen LogP contribution in [-0.2, 0) is 0 Å². The monoisotopic (exact) mass is 657 g/mol. The SMILES string of the molecule is c1cc(-c2ccc(N(c3ccc4c(c3)oc3ccccc34)c3ccc4c(c3)sc3ccccc34)cc2)c2cc3oc4ccccc4c3cc2c1. The average Bonchev–Trinajstić information content (AvgIpc) is 3.84. The number of fused-ring (bicyclic) bond motifs is 10. The summed E-state index contributed by atoms with van der Waals surface area (Å²) < 4.78 is 15.2. The maximum Gasteiger partial charge on any atom is 0.137 e. The summed E-state index contributed by atoms with van der Waals surface area (Å²) in [5, 5.41) is 9.50. The van der Waals surface area contributed by atoms with E-state index >= 15 is 0 Å². The molecule has 0 spiro atoms. The third-order valence-corrected chi connectivity index (χ3v) is 11.2. The average molecular weight is 658 g/mol. The van der Waals surface area contributed by atoms with Gasteiger partial charge >= 0.3 is 0 Å². The summed E-state index contributed by atoms with van der Waals surface area (Å²) in [5.74, 6) is 0. The molecule has 0 atom stereocenters. The zero-order chi connectivity index (χ0) is 32.8. The second kappa shape index (κ2) is 10.6. The largest absolute Gasteiger partial charge is 0.456 e. The van der Waals surface area contributed by atoms with E-state index in [2.05, 4.69) is 144 Å². The molecule has 0 unspecified atom stereocenters. The van der Waals surface area contributed by atoms with Gasteiger partial charge in [0.1, 0.15) is 22.3 Å². The lowest BCUT2D eigenvalue weighted by Gasteiger charge is -2.26. The number of anilines is 3. The Morgan fingerprint density at radius 2 is 0.960 bits per heavy atom. The summed E-state index contributed by atoms with van der Waals surface area (Å²) in [5.41, 5.74) is 9.15. The lowest BCUT2D eigenvalue weighted by Crippen LogP contribution is -2.09. The standard InChI is InChI=1S/C46H27NO2S/c1-4-13-41-34(9-1)36-22-20-31(25-43(36)48-41)47(32-21-23-38-37-11-3-6-15-45(37)50-46(38)26-32)30-18-16-28(17-19-30)33-12-7-8-29-24-40-35-10-2-5-14-42(35)49-44(40)27-39(29)33/h1-27H. The van der Waals surface area contributed by atoms with Crippen molar-refractivity contribution in [3.63, 3.8) is 0 Å². The van der Waals surface area contributed by atoms with E-state index in [0.29, 0.717) is 0 Å². The number of benzene rings is 8. The van der Waals surface area contributed by atoms with Gasteiger partial charge in [0.2, 0.25) is 0 Å². The highest BCUT2D eigenvalue weighted by atomic mass is 32.1. The van der Waals surface area contributed by atoms with Crippen LogP contribution in [0.15, 0.2) is 173 Å². The molecule has 0 fully saturated rings. The van der Waals surface area contributed by atoms with Crippen LogP contribution in [0.1, 0.15) is 0 Å². The van der Waals surface area contributed by atoms with Crippen molar-refractivity contribution in [1.29, 1.82) is 0 Å². The molecule has 0 amide bonds. The molecule has 8 aromatic carbocycles. The summed E-state index contributed by atoms with van der Waals surface area (Å²) in [6.07, 6.45) is 0. The molecule has 0 aliphatic rings. The van der Waals surface area contributed by atoms with E-state index in [-0.39, 0.29) is 0 Å². The van der Waals surface area contributed by atoms with E-state index in [1.54, 1.807) is 0 Å². The molecule has 0 aliphatic carbocycles. The minimum absolute atomic E-state index is 0.876. The first-order valence-corrected chi connectivity index (χ1v) is 17.6. The molecule has 50 heavy (non-hydrogen) atoms. The van der Waals surface area contributed by atoms with Gasteiger partial charge in [-0.2, -0.15) is 0 Å². The molecule has 0 saturated carbocycles. The topological polar surface area (TPSA) is 29.5 Å². The van der Waals surface area contributed by atoms with E-state index in [4.69, 9.17) is 8.83 Å². The van der Waals surface area contributed by atoms with Crippen molar-refractivity contribution in [2.24, 2.45) is 0 Å². The third-order valence-electron chi connectivity index (χ3n) is 10.1. The Morgan fingerprint density at radius 3 is 1.76 bits per heavy atom. The van der Waals surface area contributed by atoms with Gasteiger partial charge in [0.05, 0.1) is 0 Å². The van der Waals surface area contributed by atoms with Crippen LogP contribution in [0.5, 0.6) is 0 Å².